The minimum Gasteiger partial charge on any atom is -0.481 e. The average molecular weight is 267 g/mol. The zero-order valence-electron chi connectivity index (χ0n) is 11.9. The predicted octanol–water partition coefficient (Wildman–Crippen LogP) is 2.24. The molecule has 0 aliphatic rings. The van der Waals surface area contributed by atoms with Gasteiger partial charge in [0, 0.05) is 18.0 Å². The van der Waals surface area contributed by atoms with Crippen molar-refractivity contribution in [2.75, 3.05) is 11.9 Å². The van der Waals surface area contributed by atoms with Crippen molar-refractivity contribution in [1.29, 1.82) is 0 Å². The van der Waals surface area contributed by atoms with Gasteiger partial charge in [0.2, 0.25) is 5.88 Å². The molecule has 0 aliphatic carbocycles. The Balaban J connectivity index is 2.77. The van der Waals surface area contributed by atoms with E-state index in [1.54, 1.807) is 13.0 Å². The molecule has 1 heterocycles. The highest BCUT2D eigenvalue weighted by Gasteiger charge is 2.20. The highest BCUT2D eigenvalue weighted by Crippen LogP contribution is 2.21. The molecule has 6 heteroatoms. The van der Waals surface area contributed by atoms with Crippen LogP contribution in [0.2, 0.25) is 0 Å². The van der Waals surface area contributed by atoms with Crippen molar-refractivity contribution < 1.29 is 14.6 Å². The predicted molar refractivity (Wildman–Crippen MR) is 72.5 cm³/mol. The SMILES string of the molecule is CCOc1cc(NC(C)(C)CCC(=O)O)nc(C)n1. The topological polar surface area (TPSA) is 84.3 Å². The summed E-state index contributed by atoms with van der Waals surface area (Å²) in [5.74, 6) is 0.976. The first kappa shape index (κ1) is 15.2. The fraction of sp³-hybridized carbons (Fsp3) is 0.615. The van der Waals surface area contributed by atoms with Crippen LogP contribution < -0.4 is 10.1 Å². The molecule has 0 bridgehead atoms. The number of ether oxygens (including phenoxy) is 1. The van der Waals surface area contributed by atoms with Crippen LogP contribution in [0.15, 0.2) is 6.07 Å². The number of carboxylic acids is 1. The molecule has 19 heavy (non-hydrogen) atoms. The summed E-state index contributed by atoms with van der Waals surface area (Å²) in [5, 5.41) is 11.9. The summed E-state index contributed by atoms with van der Waals surface area (Å²) in [7, 11) is 0. The van der Waals surface area contributed by atoms with Crippen LogP contribution in [-0.4, -0.2) is 33.2 Å². The second-order valence-electron chi connectivity index (χ2n) is 4.97. The summed E-state index contributed by atoms with van der Waals surface area (Å²) in [4.78, 5) is 19.1. The van der Waals surface area contributed by atoms with E-state index >= 15 is 0 Å². The van der Waals surface area contributed by atoms with E-state index in [-0.39, 0.29) is 12.0 Å². The number of hydrogen-bond donors (Lipinski definition) is 2. The van der Waals surface area contributed by atoms with Crippen molar-refractivity contribution in [2.45, 2.75) is 46.1 Å². The monoisotopic (exact) mass is 267 g/mol. The zero-order valence-corrected chi connectivity index (χ0v) is 11.9. The summed E-state index contributed by atoms with van der Waals surface area (Å²) in [5.41, 5.74) is -0.358. The van der Waals surface area contributed by atoms with Crippen LogP contribution >= 0.6 is 0 Å². The van der Waals surface area contributed by atoms with Gasteiger partial charge in [-0.25, -0.2) is 4.98 Å². The molecule has 0 fully saturated rings. The van der Waals surface area contributed by atoms with Crippen molar-refractivity contribution in [3.63, 3.8) is 0 Å². The molecule has 0 saturated heterocycles. The van der Waals surface area contributed by atoms with Gasteiger partial charge in [0.1, 0.15) is 11.6 Å². The number of carbonyl (C=O) groups is 1. The zero-order chi connectivity index (χ0) is 14.5. The highest BCUT2D eigenvalue weighted by atomic mass is 16.5. The molecular weight excluding hydrogens is 246 g/mol. The van der Waals surface area contributed by atoms with E-state index in [9.17, 15) is 4.79 Å². The molecule has 0 spiro atoms. The molecule has 0 radical (unpaired) electrons. The third-order valence-corrected chi connectivity index (χ3v) is 2.54. The molecule has 0 atom stereocenters. The molecule has 0 amide bonds. The molecule has 1 aromatic rings. The molecule has 2 N–H and O–H groups in total. The van der Waals surface area contributed by atoms with Gasteiger partial charge < -0.3 is 15.2 Å². The first-order valence-electron chi connectivity index (χ1n) is 6.31. The lowest BCUT2D eigenvalue weighted by Gasteiger charge is -2.26. The number of carboxylic acid groups (broad SMARTS) is 1. The molecular formula is C13H21N3O3. The Morgan fingerprint density at radius 1 is 1.47 bits per heavy atom. The Morgan fingerprint density at radius 2 is 2.16 bits per heavy atom. The Bertz CT molecular complexity index is 447. The van der Waals surface area contributed by atoms with Crippen molar-refractivity contribution in [3.8, 4) is 5.88 Å². The van der Waals surface area contributed by atoms with Crippen LogP contribution in [0.1, 0.15) is 39.4 Å². The third kappa shape index (κ3) is 5.54. The molecule has 1 rings (SSSR count). The maximum Gasteiger partial charge on any atom is 0.303 e. The van der Waals surface area contributed by atoms with Crippen LogP contribution in [0.3, 0.4) is 0 Å². The van der Waals surface area contributed by atoms with E-state index in [0.29, 0.717) is 30.5 Å². The summed E-state index contributed by atoms with van der Waals surface area (Å²) < 4.78 is 5.35. The minimum absolute atomic E-state index is 0.113. The van der Waals surface area contributed by atoms with Crippen LogP contribution in [0.25, 0.3) is 0 Å². The maximum atomic E-state index is 10.6. The summed E-state index contributed by atoms with van der Waals surface area (Å²) in [6.45, 7) is 8.10. The number of hydrogen-bond acceptors (Lipinski definition) is 5. The van der Waals surface area contributed by atoms with Gasteiger partial charge in [-0.3, -0.25) is 4.79 Å². The Labute approximate surface area is 113 Å². The van der Waals surface area contributed by atoms with E-state index < -0.39 is 5.97 Å². The lowest BCUT2D eigenvalue weighted by Crippen LogP contribution is -2.32. The molecule has 1 aromatic heterocycles. The van der Waals surface area contributed by atoms with Crippen LogP contribution in [0.4, 0.5) is 5.82 Å². The lowest BCUT2D eigenvalue weighted by molar-refractivity contribution is -0.137. The van der Waals surface area contributed by atoms with Crippen molar-refractivity contribution in [3.05, 3.63) is 11.9 Å². The molecule has 0 saturated carbocycles. The van der Waals surface area contributed by atoms with Gasteiger partial charge in [-0.05, 0) is 34.1 Å². The van der Waals surface area contributed by atoms with Gasteiger partial charge in [-0.15, -0.1) is 0 Å². The van der Waals surface area contributed by atoms with Gasteiger partial charge in [-0.1, -0.05) is 0 Å². The van der Waals surface area contributed by atoms with Gasteiger partial charge in [0.05, 0.1) is 6.61 Å². The normalized spacial score (nSPS) is 11.2. The Morgan fingerprint density at radius 3 is 2.74 bits per heavy atom. The fourth-order valence-corrected chi connectivity index (χ4v) is 1.65. The van der Waals surface area contributed by atoms with Gasteiger partial charge in [0.15, 0.2) is 0 Å². The fourth-order valence-electron chi connectivity index (χ4n) is 1.65. The largest absolute Gasteiger partial charge is 0.481 e. The molecule has 0 aliphatic heterocycles. The van der Waals surface area contributed by atoms with Gasteiger partial charge >= 0.3 is 5.97 Å². The number of nitrogens with zero attached hydrogens (tertiary/aromatic N) is 2. The Hall–Kier alpha value is -1.85. The Kier molecular flexibility index (Phi) is 5.09. The number of rotatable bonds is 7. The summed E-state index contributed by atoms with van der Waals surface area (Å²) >= 11 is 0. The van der Waals surface area contributed by atoms with Gasteiger partial charge in [0.25, 0.3) is 0 Å². The molecule has 6 nitrogen and oxygen atoms in total. The maximum absolute atomic E-state index is 10.6. The van der Waals surface area contributed by atoms with E-state index in [1.807, 2.05) is 20.8 Å². The van der Waals surface area contributed by atoms with Crippen molar-refractivity contribution >= 4 is 11.8 Å². The first-order chi connectivity index (χ1) is 8.82. The second kappa shape index (κ2) is 6.36. The average Bonchev–Trinajstić information content (AvgIpc) is 2.25. The van der Waals surface area contributed by atoms with Gasteiger partial charge in [-0.2, -0.15) is 4.98 Å². The highest BCUT2D eigenvalue weighted by molar-refractivity contribution is 5.66. The molecule has 0 aromatic carbocycles. The number of aliphatic carboxylic acids is 1. The van der Waals surface area contributed by atoms with E-state index in [0.717, 1.165) is 0 Å². The van der Waals surface area contributed by atoms with E-state index in [1.165, 1.54) is 0 Å². The smallest absolute Gasteiger partial charge is 0.303 e. The quantitative estimate of drug-likeness (QED) is 0.788. The van der Waals surface area contributed by atoms with E-state index in [4.69, 9.17) is 9.84 Å². The second-order valence-corrected chi connectivity index (χ2v) is 4.97. The van der Waals surface area contributed by atoms with Crippen LogP contribution in [0, 0.1) is 6.92 Å². The van der Waals surface area contributed by atoms with Crippen LogP contribution in [-0.2, 0) is 4.79 Å². The number of aryl methyl sites for hydroxylation is 1. The van der Waals surface area contributed by atoms with Crippen LogP contribution in [0.5, 0.6) is 5.88 Å². The molecule has 0 unspecified atom stereocenters. The van der Waals surface area contributed by atoms with E-state index in [2.05, 4.69) is 15.3 Å². The summed E-state index contributed by atoms with van der Waals surface area (Å²) in [6.07, 6.45) is 0.623. The number of anilines is 1. The number of nitrogens with one attached hydrogen (secondary N) is 1. The van der Waals surface area contributed by atoms with Crippen molar-refractivity contribution in [2.24, 2.45) is 0 Å². The summed E-state index contributed by atoms with van der Waals surface area (Å²) in [6, 6.07) is 1.72. The number of aromatic nitrogens is 2. The standard InChI is InChI=1S/C13H21N3O3/c1-5-19-11-8-10(14-9(2)15-11)16-13(3,4)7-6-12(17)18/h8H,5-7H2,1-4H3,(H,17,18)(H,14,15,16). The minimum atomic E-state index is -0.802. The van der Waals surface area contributed by atoms with Crippen molar-refractivity contribution in [1.82, 2.24) is 9.97 Å². The third-order valence-electron chi connectivity index (χ3n) is 2.54. The lowest BCUT2D eigenvalue weighted by atomic mass is 9.98. The first-order valence-corrected chi connectivity index (χ1v) is 6.31. The molecule has 106 valence electrons.